The van der Waals surface area contributed by atoms with Crippen LogP contribution in [-0.2, 0) is 25.4 Å². The summed E-state index contributed by atoms with van der Waals surface area (Å²) < 4.78 is 25.2. The number of ether oxygens (including phenoxy) is 2. The van der Waals surface area contributed by atoms with Crippen LogP contribution in [-0.4, -0.2) is 71.3 Å². The molecule has 14 nitrogen and oxygen atoms in total. The summed E-state index contributed by atoms with van der Waals surface area (Å²) in [5.74, 6) is -6.39. The van der Waals surface area contributed by atoms with Gasteiger partial charge >= 0.3 is 11.8 Å². The first-order valence-corrected chi connectivity index (χ1v) is 13.9. The summed E-state index contributed by atoms with van der Waals surface area (Å²) >= 11 is 0. The minimum Gasteiger partial charge on any atom is -0.416 e. The molecule has 0 spiro atoms. The van der Waals surface area contributed by atoms with Crippen LogP contribution >= 0.6 is 7.52 Å². The quantitative estimate of drug-likeness (QED) is 0.113. The lowest BCUT2D eigenvalue weighted by atomic mass is 10.0. The lowest BCUT2D eigenvalue weighted by molar-refractivity contribution is -0.178. The fourth-order valence-corrected chi connectivity index (χ4v) is 5.43. The van der Waals surface area contributed by atoms with Gasteiger partial charge < -0.3 is 29.8 Å². The van der Waals surface area contributed by atoms with Gasteiger partial charge in [0.1, 0.15) is 24.2 Å². The lowest BCUT2D eigenvalue weighted by Gasteiger charge is -2.26. The first-order valence-electron chi connectivity index (χ1n) is 12.1. The summed E-state index contributed by atoms with van der Waals surface area (Å²) in [6.45, 7) is 5.40. The van der Waals surface area contributed by atoms with Crippen LogP contribution in [0, 0.1) is 5.92 Å². The standard InChI is InChI=1S/C24H29N6O8P/c1-13(2)8-17(23(33)38-24(34)19(31)15-6-4-5-7-16(15)20(24)32)29-39(35,36)12-37-14(3)9-30-11-28-18-21(25)26-10-27-22(18)30/h4-7,10-11,13-14,17,34H,8-9,12H2,1-3H3,(H2,25,26,27)(H2,29,35,36)/t14-,17-/m1/s1. The largest absolute Gasteiger partial charge is 0.416 e. The third-order valence-corrected chi connectivity index (χ3v) is 7.26. The molecule has 1 aromatic carbocycles. The number of nitrogen functional groups attached to an aromatic ring is 1. The molecule has 0 saturated carbocycles. The third kappa shape index (κ3) is 5.89. The highest BCUT2D eigenvalue weighted by Gasteiger charge is 2.56. The molecule has 0 aliphatic heterocycles. The molecule has 39 heavy (non-hydrogen) atoms. The summed E-state index contributed by atoms with van der Waals surface area (Å²) in [4.78, 5) is 61.1. The van der Waals surface area contributed by atoms with Crippen LogP contribution in [0.15, 0.2) is 36.9 Å². The summed E-state index contributed by atoms with van der Waals surface area (Å²) in [5, 5.41) is 13.1. The number of ketones is 2. The minimum atomic E-state index is -4.31. The second-order valence-corrected chi connectivity index (χ2v) is 11.6. The molecule has 0 radical (unpaired) electrons. The van der Waals surface area contributed by atoms with Gasteiger partial charge in [-0.2, -0.15) is 0 Å². The number of aromatic nitrogens is 4. The molecule has 1 aliphatic rings. The molecule has 4 rings (SSSR count). The number of Topliss-reactive ketones (excluding diaryl/α,β-unsaturated/α-hetero) is 2. The van der Waals surface area contributed by atoms with Gasteiger partial charge in [0.25, 0.3) is 7.52 Å². The van der Waals surface area contributed by atoms with Crippen molar-refractivity contribution in [1.29, 1.82) is 0 Å². The van der Waals surface area contributed by atoms with E-state index in [1.54, 1.807) is 25.3 Å². The van der Waals surface area contributed by atoms with E-state index in [0.717, 1.165) is 0 Å². The van der Waals surface area contributed by atoms with Crippen molar-refractivity contribution in [2.45, 2.75) is 51.7 Å². The van der Waals surface area contributed by atoms with Gasteiger partial charge in [-0.25, -0.2) is 20.0 Å². The predicted molar refractivity (Wildman–Crippen MR) is 137 cm³/mol. The highest BCUT2D eigenvalue weighted by Crippen LogP contribution is 2.38. The number of fused-ring (bicyclic) bond motifs is 2. The van der Waals surface area contributed by atoms with E-state index >= 15 is 0 Å². The second kappa shape index (κ2) is 10.9. The van der Waals surface area contributed by atoms with Crippen LogP contribution in [0.4, 0.5) is 5.82 Å². The smallest absolute Gasteiger partial charge is 0.340 e. The van der Waals surface area contributed by atoms with E-state index in [0.29, 0.717) is 11.2 Å². The van der Waals surface area contributed by atoms with Crippen LogP contribution < -0.4 is 10.8 Å². The molecule has 3 aromatic rings. The number of nitrogens with two attached hydrogens (primary N) is 1. The molecular weight excluding hydrogens is 531 g/mol. The average molecular weight is 561 g/mol. The highest BCUT2D eigenvalue weighted by atomic mass is 31.2. The number of carbonyl (C=O) groups excluding carboxylic acids is 3. The van der Waals surface area contributed by atoms with Gasteiger partial charge in [0, 0.05) is 11.1 Å². The van der Waals surface area contributed by atoms with Crippen molar-refractivity contribution in [3.63, 3.8) is 0 Å². The number of aliphatic hydroxyl groups is 1. The Labute approximate surface area is 223 Å². The van der Waals surface area contributed by atoms with E-state index in [1.165, 1.54) is 36.9 Å². The number of rotatable bonds is 11. The average Bonchev–Trinajstić information content (AvgIpc) is 3.36. The Bertz CT molecular complexity index is 1440. The number of hydrogen-bond acceptors (Lipinski definition) is 11. The number of benzene rings is 1. The molecule has 1 unspecified atom stereocenters. The van der Waals surface area contributed by atoms with Gasteiger partial charge in [-0.1, -0.05) is 38.1 Å². The Hall–Kier alpha value is -3.55. The van der Waals surface area contributed by atoms with Crippen LogP contribution in [0.3, 0.4) is 0 Å². The molecule has 2 aromatic heterocycles. The number of imidazole rings is 1. The van der Waals surface area contributed by atoms with Gasteiger partial charge in [-0.3, -0.25) is 18.9 Å². The van der Waals surface area contributed by atoms with Crippen LogP contribution in [0.2, 0.25) is 0 Å². The molecule has 208 valence electrons. The van der Waals surface area contributed by atoms with Crippen molar-refractivity contribution >= 4 is 42.0 Å². The zero-order chi connectivity index (χ0) is 28.5. The van der Waals surface area contributed by atoms with E-state index < -0.39 is 49.3 Å². The number of nitrogens with one attached hydrogen (secondary N) is 1. The fourth-order valence-electron chi connectivity index (χ4n) is 4.20. The Kier molecular flexibility index (Phi) is 7.96. The van der Waals surface area contributed by atoms with Crippen LogP contribution in [0.25, 0.3) is 11.2 Å². The lowest BCUT2D eigenvalue weighted by Crippen LogP contribution is -2.50. The maximum atomic E-state index is 13.0. The number of anilines is 1. The van der Waals surface area contributed by atoms with Gasteiger partial charge in [-0.05, 0) is 19.3 Å². The molecule has 0 bridgehead atoms. The van der Waals surface area contributed by atoms with E-state index in [-0.39, 0.29) is 35.8 Å². The second-order valence-electron chi connectivity index (χ2n) is 9.72. The minimum absolute atomic E-state index is 0.00645. The normalized spacial score (nSPS) is 17.7. The Balaban J connectivity index is 1.41. The molecule has 15 heteroatoms. The van der Waals surface area contributed by atoms with Crippen molar-refractivity contribution in [3.8, 4) is 0 Å². The Morgan fingerprint density at radius 3 is 2.41 bits per heavy atom. The SMILES string of the molecule is CC(C)C[C@@H](NP(=O)(O)CO[C@H](C)Cn1cnc2c(N)ncnc21)C(=O)OC1(O)C(=O)c2ccccc2C1=O. The van der Waals surface area contributed by atoms with E-state index in [4.69, 9.17) is 15.2 Å². The van der Waals surface area contributed by atoms with E-state index in [1.807, 2.05) is 0 Å². The van der Waals surface area contributed by atoms with Crippen molar-refractivity contribution in [2.75, 3.05) is 12.1 Å². The van der Waals surface area contributed by atoms with Gasteiger partial charge in [0.05, 0.1) is 19.0 Å². The number of carbonyl (C=O) groups is 3. The molecule has 0 saturated heterocycles. The summed E-state index contributed by atoms with van der Waals surface area (Å²) in [6, 6.07) is 4.25. The van der Waals surface area contributed by atoms with Gasteiger partial charge in [0.2, 0.25) is 11.6 Å². The van der Waals surface area contributed by atoms with Gasteiger partial charge in [0.15, 0.2) is 11.5 Å². The fraction of sp³-hybridized carbons (Fsp3) is 0.417. The Morgan fingerprint density at radius 2 is 1.79 bits per heavy atom. The summed E-state index contributed by atoms with van der Waals surface area (Å²) in [6.07, 6.45) is 1.54. The van der Waals surface area contributed by atoms with Crippen molar-refractivity contribution in [2.24, 2.45) is 5.92 Å². The maximum Gasteiger partial charge on any atom is 0.340 e. The van der Waals surface area contributed by atoms with Gasteiger partial charge in [-0.15, -0.1) is 0 Å². The van der Waals surface area contributed by atoms with Crippen molar-refractivity contribution in [1.82, 2.24) is 24.6 Å². The first-order chi connectivity index (χ1) is 18.3. The number of esters is 1. The molecule has 0 amide bonds. The molecule has 5 N–H and O–H groups in total. The highest BCUT2D eigenvalue weighted by molar-refractivity contribution is 7.55. The molecule has 3 atom stereocenters. The molecule has 1 aliphatic carbocycles. The monoisotopic (exact) mass is 560 g/mol. The third-order valence-electron chi connectivity index (χ3n) is 6.05. The Morgan fingerprint density at radius 1 is 1.15 bits per heavy atom. The molecule has 0 fully saturated rings. The zero-order valence-electron chi connectivity index (χ0n) is 21.5. The van der Waals surface area contributed by atoms with E-state index in [2.05, 4.69) is 20.0 Å². The molecular formula is C24H29N6O8P. The maximum absolute atomic E-state index is 13.0. The topological polar surface area (TPSA) is 209 Å². The number of hydrogen-bond donors (Lipinski definition) is 4. The van der Waals surface area contributed by atoms with E-state index in [9.17, 15) is 28.9 Å². The molecule has 2 heterocycles. The van der Waals surface area contributed by atoms with Crippen LogP contribution in [0.1, 0.15) is 47.9 Å². The van der Waals surface area contributed by atoms with Crippen molar-refractivity contribution < 1.29 is 38.4 Å². The van der Waals surface area contributed by atoms with Crippen molar-refractivity contribution in [3.05, 3.63) is 48.0 Å². The first kappa shape index (κ1) is 28.5. The predicted octanol–water partition coefficient (Wildman–Crippen LogP) is 1.27. The summed E-state index contributed by atoms with van der Waals surface area (Å²) in [5.41, 5.74) is 6.51. The van der Waals surface area contributed by atoms with Crippen LogP contribution in [0.5, 0.6) is 0 Å². The summed E-state index contributed by atoms with van der Waals surface area (Å²) in [7, 11) is -4.31. The number of nitrogens with zero attached hydrogens (tertiary/aromatic N) is 4. The zero-order valence-corrected chi connectivity index (χ0v) is 22.4.